The van der Waals surface area contributed by atoms with Crippen molar-refractivity contribution < 1.29 is 14.6 Å². The molecule has 0 fully saturated rings. The predicted molar refractivity (Wildman–Crippen MR) is 63.6 cm³/mol. The first-order valence-electron chi connectivity index (χ1n) is 4.94. The number of ether oxygens (including phenoxy) is 1. The first-order valence-corrected chi connectivity index (χ1v) is 5.31. The van der Waals surface area contributed by atoms with Crippen molar-refractivity contribution in [2.45, 2.75) is 27.2 Å². The summed E-state index contributed by atoms with van der Waals surface area (Å²) in [4.78, 5) is 10.8. The van der Waals surface area contributed by atoms with Crippen LogP contribution < -0.4 is 4.74 Å². The summed E-state index contributed by atoms with van der Waals surface area (Å²) >= 11 is 6.14. The van der Waals surface area contributed by atoms with E-state index in [0.717, 1.165) is 22.3 Å². The molecule has 0 saturated heterocycles. The van der Waals surface area contributed by atoms with Crippen molar-refractivity contribution in [1.82, 2.24) is 0 Å². The third-order valence-electron chi connectivity index (χ3n) is 2.87. The zero-order chi connectivity index (χ0) is 12.5. The number of hydrogen-bond acceptors (Lipinski definition) is 2. The van der Waals surface area contributed by atoms with Gasteiger partial charge in [0.05, 0.1) is 18.6 Å². The van der Waals surface area contributed by atoms with Gasteiger partial charge in [-0.05, 0) is 43.0 Å². The van der Waals surface area contributed by atoms with Gasteiger partial charge < -0.3 is 9.84 Å². The van der Waals surface area contributed by atoms with Gasteiger partial charge in [-0.25, -0.2) is 0 Å². The van der Waals surface area contributed by atoms with E-state index in [0.29, 0.717) is 10.8 Å². The number of aliphatic carboxylic acids is 1. The highest BCUT2D eigenvalue weighted by molar-refractivity contribution is 6.33. The zero-order valence-corrected chi connectivity index (χ0v) is 10.6. The molecule has 1 N–H and O–H groups in total. The van der Waals surface area contributed by atoms with E-state index in [-0.39, 0.29) is 6.42 Å². The maximum absolute atomic E-state index is 10.8. The summed E-state index contributed by atoms with van der Waals surface area (Å²) in [5.41, 5.74) is 3.38. The second-order valence-electron chi connectivity index (χ2n) is 3.77. The Balaban J connectivity index is 3.47. The standard InChI is InChI=1S/C12H15ClO3/c1-6-7(2)12(16-4)11(13)8(3)9(6)5-10(14)15/h5H2,1-4H3,(H,14,15). The van der Waals surface area contributed by atoms with Crippen molar-refractivity contribution in [2.75, 3.05) is 7.11 Å². The molecular weight excluding hydrogens is 228 g/mol. The van der Waals surface area contributed by atoms with Gasteiger partial charge in [-0.3, -0.25) is 4.79 Å². The Morgan fingerprint density at radius 2 is 1.81 bits per heavy atom. The molecule has 0 unspecified atom stereocenters. The molecule has 0 atom stereocenters. The van der Waals surface area contributed by atoms with E-state index in [1.165, 1.54) is 0 Å². The summed E-state index contributed by atoms with van der Waals surface area (Å²) in [6.45, 7) is 5.58. The Morgan fingerprint density at radius 3 is 2.25 bits per heavy atom. The molecule has 3 nitrogen and oxygen atoms in total. The third-order valence-corrected chi connectivity index (χ3v) is 3.32. The Morgan fingerprint density at radius 1 is 1.25 bits per heavy atom. The van der Waals surface area contributed by atoms with Crippen LogP contribution in [0.4, 0.5) is 0 Å². The smallest absolute Gasteiger partial charge is 0.307 e. The summed E-state index contributed by atoms with van der Waals surface area (Å²) in [5.74, 6) is -0.224. The Kier molecular flexibility index (Phi) is 3.81. The van der Waals surface area contributed by atoms with Gasteiger partial charge in [0, 0.05) is 0 Å². The molecule has 0 aliphatic rings. The van der Waals surface area contributed by atoms with Crippen molar-refractivity contribution in [3.8, 4) is 5.75 Å². The molecule has 16 heavy (non-hydrogen) atoms. The molecule has 0 bridgehead atoms. The number of benzene rings is 1. The molecule has 0 amide bonds. The van der Waals surface area contributed by atoms with Crippen molar-refractivity contribution in [2.24, 2.45) is 0 Å². The van der Waals surface area contributed by atoms with Crippen LogP contribution in [0, 0.1) is 20.8 Å². The van der Waals surface area contributed by atoms with Crippen LogP contribution in [0.5, 0.6) is 5.75 Å². The lowest BCUT2D eigenvalue weighted by molar-refractivity contribution is -0.136. The SMILES string of the molecule is COc1c(C)c(C)c(CC(=O)O)c(C)c1Cl. The molecule has 0 saturated carbocycles. The molecule has 0 heterocycles. The lowest BCUT2D eigenvalue weighted by Gasteiger charge is -2.17. The molecular formula is C12H15ClO3. The van der Waals surface area contributed by atoms with Gasteiger partial charge in [-0.2, -0.15) is 0 Å². The van der Waals surface area contributed by atoms with Crippen molar-refractivity contribution in [3.63, 3.8) is 0 Å². The fourth-order valence-corrected chi connectivity index (χ4v) is 2.14. The Labute approximate surface area is 100.0 Å². The summed E-state index contributed by atoms with van der Waals surface area (Å²) < 4.78 is 5.22. The van der Waals surface area contributed by atoms with E-state index in [1.807, 2.05) is 20.8 Å². The number of carbonyl (C=O) groups is 1. The van der Waals surface area contributed by atoms with Crippen molar-refractivity contribution >= 4 is 17.6 Å². The maximum Gasteiger partial charge on any atom is 0.307 e. The number of methoxy groups -OCH3 is 1. The van der Waals surface area contributed by atoms with Gasteiger partial charge in [0.2, 0.25) is 0 Å². The highest BCUT2D eigenvalue weighted by Crippen LogP contribution is 2.36. The molecule has 88 valence electrons. The molecule has 4 heteroatoms. The van der Waals surface area contributed by atoms with Crippen LogP contribution in [0.3, 0.4) is 0 Å². The first kappa shape index (κ1) is 12.8. The maximum atomic E-state index is 10.8. The van der Waals surface area contributed by atoms with E-state index >= 15 is 0 Å². The van der Waals surface area contributed by atoms with Crippen molar-refractivity contribution in [1.29, 1.82) is 0 Å². The Hall–Kier alpha value is -1.22. The monoisotopic (exact) mass is 242 g/mol. The minimum absolute atomic E-state index is 0.0117. The molecule has 1 aromatic carbocycles. The topological polar surface area (TPSA) is 46.5 Å². The summed E-state index contributed by atoms with van der Waals surface area (Å²) in [6.07, 6.45) is -0.0117. The average Bonchev–Trinajstić information content (AvgIpc) is 2.22. The molecule has 1 aromatic rings. The zero-order valence-electron chi connectivity index (χ0n) is 9.85. The van der Waals surface area contributed by atoms with Crippen LogP contribution in [0.25, 0.3) is 0 Å². The minimum Gasteiger partial charge on any atom is -0.495 e. The second-order valence-corrected chi connectivity index (χ2v) is 4.15. The highest BCUT2D eigenvalue weighted by Gasteiger charge is 2.17. The van der Waals surface area contributed by atoms with Gasteiger partial charge in [-0.15, -0.1) is 0 Å². The number of carboxylic acids is 1. The molecule has 1 rings (SSSR count). The van der Waals surface area contributed by atoms with E-state index < -0.39 is 5.97 Å². The van der Waals surface area contributed by atoms with Crippen LogP contribution >= 0.6 is 11.6 Å². The van der Waals surface area contributed by atoms with Crippen LogP contribution in [-0.4, -0.2) is 18.2 Å². The highest BCUT2D eigenvalue weighted by atomic mass is 35.5. The first-order chi connectivity index (χ1) is 7.40. The summed E-state index contributed by atoms with van der Waals surface area (Å²) in [5, 5.41) is 9.35. The Bertz CT molecular complexity index is 409. The van der Waals surface area contributed by atoms with E-state index in [9.17, 15) is 4.79 Å². The minimum atomic E-state index is -0.855. The quantitative estimate of drug-likeness (QED) is 0.887. The normalized spacial score (nSPS) is 10.3. The second kappa shape index (κ2) is 4.74. The predicted octanol–water partition coefficient (Wildman–Crippen LogP) is 2.90. The number of halogens is 1. The van der Waals surface area contributed by atoms with Gasteiger partial charge in [0.15, 0.2) is 0 Å². The molecule has 0 radical (unpaired) electrons. The van der Waals surface area contributed by atoms with Gasteiger partial charge in [0.25, 0.3) is 0 Å². The fraction of sp³-hybridized carbons (Fsp3) is 0.417. The number of rotatable bonds is 3. The molecule has 0 aliphatic heterocycles. The molecule has 0 aromatic heterocycles. The summed E-state index contributed by atoms with van der Waals surface area (Å²) in [7, 11) is 1.56. The van der Waals surface area contributed by atoms with Crippen LogP contribution in [0.1, 0.15) is 22.3 Å². The third kappa shape index (κ3) is 2.14. The van der Waals surface area contributed by atoms with E-state index in [4.69, 9.17) is 21.4 Å². The number of carboxylic acid groups (broad SMARTS) is 1. The average molecular weight is 243 g/mol. The van der Waals surface area contributed by atoms with Crippen LogP contribution in [0.15, 0.2) is 0 Å². The van der Waals surface area contributed by atoms with E-state index in [2.05, 4.69) is 0 Å². The van der Waals surface area contributed by atoms with Gasteiger partial charge >= 0.3 is 5.97 Å². The van der Waals surface area contributed by atoms with Gasteiger partial charge in [0.1, 0.15) is 5.75 Å². The van der Waals surface area contributed by atoms with Crippen LogP contribution in [0.2, 0.25) is 5.02 Å². The molecule has 0 spiro atoms. The van der Waals surface area contributed by atoms with Gasteiger partial charge in [-0.1, -0.05) is 11.6 Å². The lowest BCUT2D eigenvalue weighted by Crippen LogP contribution is -2.07. The lowest BCUT2D eigenvalue weighted by atomic mass is 9.95. The fourth-order valence-electron chi connectivity index (χ4n) is 1.80. The summed E-state index contributed by atoms with van der Waals surface area (Å²) in [6, 6.07) is 0. The molecule has 0 aliphatic carbocycles. The van der Waals surface area contributed by atoms with E-state index in [1.54, 1.807) is 7.11 Å². The largest absolute Gasteiger partial charge is 0.495 e. The number of hydrogen-bond donors (Lipinski definition) is 1. The van der Waals surface area contributed by atoms with Crippen LogP contribution in [-0.2, 0) is 11.2 Å². The van der Waals surface area contributed by atoms with Crippen molar-refractivity contribution in [3.05, 3.63) is 27.3 Å².